The number of carbonyl (C=O) groups is 2. The average Bonchev–Trinajstić information content (AvgIpc) is 2.68. The second kappa shape index (κ2) is 8.31. The number of rotatable bonds is 4. The second-order valence-electron chi connectivity index (χ2n) is 7.17. The largest absolute Gasteiger partial charge is 0.384 e. The summed E-state index contributed by atoms with van der Waals surface area (Å²) in [5.74, 6) is -2.00. The molecule has 0 bridgehead atoms. The van der Waals surface area contributed by atoms with Crippen molar-refractivity contribution in [2.45, 2.75) is 12.8 Å². The minimum atomic E-state index is -0.868. The van der Waals surface area contributed by atoms with Gasteiger partial charge in [-0.2, -0.15) is 0 Å². The van der Waals surface area contributed by atoms with E-state index in [1.165, 1.54) is 4.90 Å². The smallest absolute Gasteiger partial charge is 0.256 e. The predicted molar refractivity (Wildman–Crippen MR) is 95.3 cm³/mol. The number of methoxy groups -OCH3 is 1. The molecule has 2 aliphatic rings. The number of piperidine rings is 1. The van der Waals surface area contributed by atoms with Crippen molar-refractivity contribution in [1.29, 1.82) is 0 Å². The highest BCUT2D eigenvalue weighted by molar-refractivity contribution is 5.94. The number of benzene rings is 1. The van der Waals surface area contributed by atoms with Crippen molar-refractivity contribution in [2.75, 3.05) is 53.0 Å². The van der Waals surface area contributed by atoms with E-state index >= 15 is 0 Å². The summed E-state index contributed by atoms with van der Waals surface area (Å²) >= 11 is 0. The van der Waals surface area contributed by atoms with Crippen LogP contribution in [0.1, 0.15) is 23.2 Å². The third-order valence-corrected chi connectivity index (χ3v) is 5.45. The maximum Gasteiger partial charge on any atom is 0.256 e. The topological polar surface area (TPSA) is 61.9 Å². The molecule has 2 amide bonds. The van der Waals surface area contributed by atoms with Crippen LogP contribution in [0.3, 0.4) is 0 Å². The molecular weight excluding hydrogens is 356 g/mol. The fraction of sp³-hybridized carbons (Fsp3) is 0.579. The van der Waals surface area contributed by atoms with Gasteiger partial charge in [-0.25, -0.2) is 8.78 Å². The quantitative estimate of drug-likeness (QED) is 0.853. The minimum absolute atomic E-state index is 0.0610. The highest BCUT2D eigenvalue weighted by Gasteiger charge is 2.43. The van der Waals surface area contributed by atoms with E-state index in [4.69, 9.17) is 4.74 Å². The number of nitrogens with one attached hydrogen (secondary N) is 1. The lowest BCUT2D eigenvalue weighted by molar-refractivity contribution is -0.149. The maximum absolute atomic E-state index is 13.9. The second-order valence-corrected chi connectivity index (χ2v) is 7.17. The molecule has 0 atom stereocenters. The van der Waals surface area contributed by atoms with Crippen LogP contribution in [0.4, 0.5) is 8.78 Å². The average molecular weight is 381 g/mol. The first kappa shape index (κ1) is 19.7. The maximum atomic E-state index is 13.9. The summed E-state index contributed by atoms with van der Waals surface area (Å²) in [7, 11) is 1.60. The first-order chi connectivity index (χ1) is 13.0. The van der Waals surface area contributed by atoms with Gasteiger partial charge in [0.05, 0.1) is 17.6 Å². The Balaban J connectivity index is 1.64. The molecule has 3 rings (SSSR count). The normalized spacial score (nSPS) is 19.8. The number of amides is 2. The van der Waals surface area contributed by atoms with Crippen molar-refractivity contribution in [3.05, 3.63) is 35.4 Å². The van der Waals surface area contributed by atoms with E-state index in [1.807, 2.05) is 0 Å². The molecule has 2 saturated heterocycles. The summed E-state index contributed by atoms with van der Waals surface area (Å²) in [6, 6.07) is 2.94. The van der Waals surface area contributed by atoms with Gasteiger partial charge in [-0.1, -0.05) is 0 Å². The fourth-order valence-corrected chi connectivity index (χ4v) is 3.88. The molecule has 0 spiro atoms. The summed E-state index contributed by atoms with van der Waals surface area (Å²) in [6.45, 7) is 3.37. The molecule has 1 N–H and O–H groups in total. The number of carbonyl (C=O) groups excluding carboxylic acids is 2. The molecule has 6 nitrogen and oxygen atoms in total. The zero-order valence-electron chi connectivity index (χ0n) is 15.5. The summed E-state index contributed by atoms with van der Waals surface area (Å²) < 4.78 is 32.2. The number of ether oxygens (including phenoxy) is 1. The number of hydrogen-bond donors (Lipinski definition) is 1. The number of hydrogen-bond acceptors (Lipinski definition) is 4. The van der Waals surface area contributed by atoms with Crippen LogP contribution in [0.25, 0.3) is 0 Å². The van der Waals surface area contributed by atoms with Gasteiger partial charge in [0.2, 0.25) is 5.91 Å². The summed E-state index contributed by atoms with van der Waals surface area (Å²) in [4.78, 5) is 28.9. The Morgan fingerprint density at radius 1 is 1.11 bits per heavy atom. The number of halogens is 2. The molecule has 2 heterocycles. The molecular formula is C19H25F2N3O3. The Labute approximate surface area is 157 Å². The highest BCUT2D eigenvalue weighted by atomic mass is 19.1. The lowest BCUT2D eigenvalue weighted by atomic mass is 9.78. The molecule has 2 fully saturated rings. The molecule has 0 saturated carbocycles. The van der Waals surface area contributed by atoms with E-state index in [0.717, 1.165) is 38.1 Å². The first-order valence-electron chi connectivity index (χ1n) is 9.20. The van der Waals surface area contributed by atoms with Crippen LogP contribution in [-0.4, -0.2) is 74.6 Å². The molecule has 148 valence electrons. The van der Waals surface area contributed by atoms with Gasteiger partial charge < -0.3 is 19.9 Å². The van der Waals surface area contributed by atoms with E-state index in [9.17, 15) is 18.4 Å². The van der Waals surface area contributed by atoms with Crippen molar-refractivity contribution in [3.63, 3.8) is 0 Å². The molecule has 1 aromatic carbocycles. The Hall–Kier alpha value is -2.06. The molecule has 8 heteroatoms. The summed E-state index contributed by atoms with van der Waals surface area (Å²) in [5.41, 5.74) is -0.666. The first-order valence-corrected chi connectivity index (χ1v) is 9.20. The van der Waals surface area contributed by atoms with Crippen molar-refractivity contribution in [2.24, 2.45) is 5.41 Å². The SMILES string of the molecule is COCC1(C(=O)N2CCN(C(=O)c3ccc(F)cc3F)CC2)CCNCC1. The van der Waals surface area contributed by atoms with E-state index in [2.05, 4.69) is 5.32 Å². The Bertz CT molecular complexity index is 694. The van der Waals surface area contributed by atoms with Gasteiger partial charge in [0, 0.05) is 39.4 Å². The third-order valence-electron chi connectivity index (χ3n) is 5.45. The van der Waals surface area contributed by atoms with Crippen molar-refractivity contribution >= 4 is 11.8 Å². The standard InChI is InChI=1S/C19H25F2N3O3/c1-27-13-19(4-6-22-7-5-19)18(26)24-10-8-23(9-11-24)17(25)15-3-2-14(20)12-16(15)21/h2-3,12,22H,4-11,13H2,1H3. The van der Waals surface area contributed by atoms with Crippen LogP contribution in [-0.2, 0) is 9.53 Å². The molecule has 2 aliphatic heterocycles. The molecule has 0 aliphatic carbocycles. The van der Waals surface area contributed by atoms with Gasteiger partial charge in [0.15, 0.2) is 0 Å². The van der Waals surface area contributed by atoms with E-state index in [-0.39, 0.29) is 11.5 Å². The monoisotopic (exact) mass is 381 g/mol. The van der Waals surface area contributed by atoms with E-state index < -0.39 is 23.0 Å². The minimum Gasteiger partial charge on any atom is -0.384 e. The van der Waals surface area contributed by atoms with Crippen LogP contribution in [0.2, 0.25) is 0 Å². The zero-order chi connectivity index (χ0) is 19.4. The molecule has 1 aromatic rings. The van der Waals surface area contributed by atoms with Gasteiger partial charge in [-0.05, 0) is 38.1 Å². The van der Waals surface area contributed by atoms with Crippen LogP contribution in [0, 0.1) is 17.0 Å². The van der Waals surface area contributed by atoms with E-state index in [0.29, 0.717) is 38.9 Å². The highest BCUT2D eigenvalue weighted by Crippen LogP contribution is 2.32. The van der Waals surface area contributed by atoms with Gasteiger partial charge in [-0.15, -0.1) is 0 Å². The van der Waals surface area contributed by atoms with Crippen LogP contribution < -0.4 is 5.32 Å². The Morgan fingerprint density at radius 2 is 1.74 bits per heavy atom. The van der Waals surface area contributed by atoms with Gasteiger partial charge >= 0.3 is 0 Å². The number of piperazine rings is 1. The molecule has 0 unspecified atom stereocenters. The third kappa shape index (κ3) is 4.11. The van der Waals surface area contributed by atoms with Crippen LogP contribution in [0.15, 0.2) is 18.2 Å². The Morgan fingerprint density at radius 3 is 2.33 bits per heavy atom. The molecule has 0 aromatic heterocycles. The Kier molecular flexibility index (Phi) is 6.06. The summed E-state index contributed by atoms with van der Waals surface area (Å²) in [6.07, 6.45) is 1.44. The number of nitrogens with zero attached hydrogens (tertiary/aromatic N) is 2. The fourth-order valence-electron chi connectivity index (χ4n) is 3.88. The van der Waals surface area contributed by atoms with Gasteiger partial charge in [-0.3, -0.25) is 9.59 Å². The van der Waals surface area contributed by atoms with Crippen LogP contribution in [0.5, 0.6) is 0 Å². The van der Waals surface area contributed by atoms with E-state index in [1.54, 1.807) is 12.0 Å². The van der Waals surface area contributed by atoms with Crippen LogP contribution >= 0.6 is 0 Å². The van der Waals surface area contributed by atoms with Crippen molar-refractivity contribution in [3.8, 4) is 0 Å². The predicted octanol–water partition coefficient (Wildman–Crippen LogP) is 1.27. The molecule has 27 heavy (non-hydrogen) atoms. The van der Waals surface area contributed by atoms with Gasteiger partial charge in [0.25, 0.3) is 5.91 Å². The lowest BCUT2D eigenvalue weighted by Gasteiger charge is -2.42. The zero-order valence-corrected chi connectivity index (χ0v) is 15.5. The lowest BCUT2D eigenvalue weighted by Crippen LogP contribution is -2.57. The van der Waals surface area contributed by atoms with Gasteiger partial charge in [0.1, 0.15) is 11.6 Å². The molecule has 0 radical (unpaired) electrons. The van der Waals surface area contributed by atoms with Crippen molar-refractivity contribution in [1.82, 2.24) is 15.1 Å². The summed E-state index contributed by atoms with van der Waals surface area (Å²) in [5, 5.41) is 3.26. The van der Waals surface area contributed by atoms with Crippen molar-refractivity contribution < 1.29 is 23.1 Å².